The maximum Gasteiger partial charge on any atom is 0.0666 e. The van der Waals surface area contributed by atoms with Gasteiger partial charge in [0.05, 0.1) is 12.6 Å². The van der Waals surface area contributed by atoms with Gasteiger partial charge >= 0.3 is 0 Å². The van der Waals surface area contributed by atoms with E-state index < -0.39 is 0 Å². The van der Waals surface area contributed by atoms with Gasteiger partial charge in [0.1, 0.15) is 0 Å². The molecule has 0 radical (unpaired) electrons. The minimum absolute atomic E-state index is 0.362. The van der Waals surface area contributed by atoms with Crippen LogP contribution >= 0.6 is 0 Å². The third kappa shape index (κ3) is 4.14. The Balaban J connectivity index is 1.96. The Labute approximate surface area is 123 Å². The fourth-order valence-electron chi connectivity index (χ4n) is 2.71. The SMILES string of the molecule is COCC(Nc1ccc(N2CCCCC2)cc1)C(C)C. The van der Waals surface area contributed by atoms with Crippen molar-refractivity contribution in [3.05, 3.63) is 24.3 Å². The van der Waals surface area contributed by atoms with E-state index in [1.54, 1.807) is 7.11 Å². The van der Waals surface area contributed by atoms with E-state index in [0.717, 1.165) is 6.61 Å². The van der Waals surface area contributed by atoms with Crippen molar-refractivity contribution in [2.75, 3.05) is 37.0 Å². The van der Waals surface area contributed by atoms with Gasteiger partial charge in [0.15, 0.2) is 0 Å². The first-order valence-corrected chi connectivity index (χ1v) is 7.81. The second-order valence-corrected chi connectivity index (χ2v) is 6.04. The molecule has 1 unspecified atom stereocenters. The highest BCUT2D eigenvalue weighted by molar-refractivity contribution is 5.55. The highest BCUT2D eigenvalue weighted by Crippen LogP contribution is 2.22. The van der Waals surface area contributed by atoms with E-state index in [4.69, 9.17) is 4.74 Å². The molecule has 1 heterocycles. The zero-order chi connectivity index (χ0) is 14.4. The van der Waals surface area contributed by atoms with Crippen LogP contribution in [0.25, 0.3) is 0 Å². The summed E-state index contributed by atoms with van der Waals surface area (Å²) >= 11 is 0. The molecule has 112 valence electrons. The van der Waals surface area contributed by atoms with E-state index in [1.165, 1.54) is 43.7 Å². The second-order valence-electron chi connectivity index (χ2n) is 6.04. The lowest BCUT2D eigenvalue weighted by atomic mass is 10.0. The maximum atomic E-state index is 5.29. The number of methoxy groups -OCH3 is 1. The van der Waals surface area contributed by atoms with Crippen LogP contribution in [0, 0.1) is 5.92 Å². The average molecular weight is 276 g/mol. The van der Waals surface area contributed by atoms with Crippen molar-refractivity contribution < 1.29 is 4.74 Å². The number of benzene rings is 1. The number of hydrogen-bond acceptors (Lipinski definition) is 3. The Morgan fingerprint density at radius 3 is 2.30 bits per heavy atom. The third-order valence-electron chi connectivity index (χ3n) is 4.09. The van der Waals surface area contributed by atoms with Gasteiger partial charge in [-0.25, -0.2) is 0 Å². The number of ether oxygens (including phenoxy) is 1. The molecule has 3 heteroatoms. The van der Waals surface area contributed by atoms with E-state index in [9.17, 15) is 0 Å². The predicted molar refractivity (Wildman–Crippen MR) is 86.6 cm³/mol. The summed E-state index contributed by atoms with van der Waals surface area (Å²) in [6.45, 7) is 7.58. The van der Waals surface area contributed by atoms with Gasteiger partial charge in [-0.3, -0.25) is 0 Å². The number of rotatable bonds is 6. The second kappa shape index (κ2) is 7.53. The lowest BCUT2D eigenvalue weighted by molar-refractivity contribution is 0.171. The summed E-state index contributed by atoms with van der Waals surface area (Å²) in [5.41, 5.74) is 2.53. The van der Waals surface area contributed by atoms with Crippen LogP contribution in [-0.4, -0.2) is 32.8 Å². The molecule has 20 heavy (non-hydrogen) atoms. The Kier molecular flexibility index (Phi) is 5.72. The predicted octanol–water partition coefficient (Wildman–Crippen LogP) is 3.76. The van der Waals surface area contributed by atoms with Crippen LogP contribution in [-0.2, 0) is 4.74 Å². The molecule has 1 fully saturated rings. The molecule has 0 aromatic heterocycles. The van der Waals surface area contributed by atoms with Crippen molar-refractivity contribution in [2.45, 2.75) is 39.2 Å². The highest BCUT2D eigenvalue weighted by Gasteiger charge is 2.14. The van der Waals surface area contributed by atoms with Gasteiger partial charge in [-0.05, 0) is 49.4 Å². The molecule has 0 saturated carbocycles. The van der Waals surface area contributed by atoms with Gasteiger partial charge in [-0.15, -0.1) is 0 Å². The normalized spacial score (nSPS) is 17.3. The third-order valence-corrected chi connectivity index (χ3v) is 4.09. The molecule has 3 nitrogen and oxygen atoms in total. The summed E-state index contributed by atoms with van der Waals surface area (Å²) in [5.74, 6) is 0.553. The van der Waals surface area contributed by atoms with E-state index in [2.05, 4.69) is 48.3 Å². The molecule has 0 aliphatic carbocycles. The standard InChI is InChI=1S/C17H28N2O/c1-14(2)17(13-20-3)18-15-7-9-16(10-8-15)19-11-5-4-6-12-19/h7-10,14,17-18H,4-6,11-13H2,1-3H3. The molecule has 1 aromatic rings. The summed E-state index contributed by atoms with van der Waals surface area (Å²) in [6, 6.07) is 9.21. The largest absolute Gasteiger partial charge is 0.383 e. The Morgan fingerprint density at radius 2 is 1.75 bits per heavy atom. The van der Waals surface area contributed by atoms with Crippen LogP contribution < -0.4 is 10.2 Å². The highest BCUT2D eigenvalue weighted by atomic mass is 16.5. The monoisotopic (exact) mass is 276 g/mol. The molecule has 0 amide bonds. The van der Waals surface area contributed by atoms with Gasteiger partial charge in [0.25, 0.3) is 0 Å². The van der Waals surface area contributed by atoms with E-state index in [-0.39, 0.29) is 0 Å². The van der Waals surface area contributed by atoms with Crippen molar-refractivity contribution in [2.24, 2.45) is 5.92 Å². The van der Waals surface area contributed by atoms with E-state index in [1.807, 2.05) is 0 Å². The summed E-state index contributed by atoms with van der Waals surface area (Å²) in [5, 5.41) is 3.57. The van der Waals surface area contributed by atoms with Gasteiger partial charge in [-0.1, -0.05) is 13.8 Å². The zero-order valence-electron chi connectivity index (χ0n) is 13.1. The fourth-order valence-corrected chi connectivity index (χ4v) is 2.71. The fraction of sp³-hybridized carbons (Fsp3) is 0.647. The molecular weight excluding hydrogens is 248 g/mol. The molecule has 1 aliphatic heterocycles. The molecule has 1 N–H and O–H groups in total. The topological polar surface area (TPSA) is 24.5 Å². The van der Waals surface area contributed by atoms with Crippen LogP contribution in [0.15, 0.2) is 24.3 Å². The lowest BCUT2D eigenvalue weighted by Crippen LogP contribution is -2.31. The first-order chi connectivity index (χ1) is 9.70. The summed E-state index contributed by atoms with van der Waals surface area (Å²) in [4.78, 5) is 2.49. The van der Waals surface area contributed by atoms with Crippen molar-refractivity contribution in [3.8, 4) is 0 Å². The van der Waals surface area contributed by atoms with Crippen LogP contribution in [0.4, 0.5) is 11.4 Å². The Hall–Kier alpha value is -1.22. The van der Waals surface area contributed by atoms with Gasteiger partial charge < -0.3 is 15.0 Å². The minimum atomic E-state index is 0.362. The minimum Gasteiger partial charge on any atom is -0.383 e. The molecule has 1 saturated heterocycles. The number of hydrogen-bond donors (Lipinski definition) is 1. The molecule has 2 rings (SSSR count). The summed E-state index contributed by atoms with van der Waals surface area (Å²) in [6.07, 6.45) is 4.02. The molecule has 1 atom stereocenters. The summed E-state index contributed by atoms with van der Waals surface area (Å²) in [7, 11) is 1.76. The van der Waals surface area contributed by atoms with Crippen molar-refractivity contribution in [1.29, 1.82) is 0 Å². The Bertz CT molecular complexity index is 382. The first-order valence-electron chi connectivity index (χ1n) is 7.81. The van der Waals surface area contributed by atoms with Gasteiger partial charge in [0.2, 0.25) is 0 Å². The van der Waals surface area contributed by atoms with E-state index in [0.29, 0.717) is 12.0 Å². The van der Waals surface area contributed by atoms with Crippen LogP contribution in [0.1, 0.15) is 33.1 Å². The molecule has 0 spiro atoms. The summed E-state index contributed by atoms with van der Waals surface area (Å²) < 4.78 is 5.29. The smallest absolute Gasteiger partial charge is 0.0666 e. The van der Waals surface area contributed by atoms with Crippen LogP contribution in [0.5, 0.6) is 0 Å². The van der Waals surface area contributed by atoms with Crippen molar-refractivity contribution in [3.63, 3.8) is 0 Å². The van der Waals surface area contributed by atoms with Crippen molar-refractivity contribution in [1.82, 2.24) is 0 Å². The first kappa shape index (κ1) is 15.2. The number of anilines is 2. The average Bonchev–Trinajstić information content (AvgIpc) is 2.48. The molecule has 1 aliphatic rings. The lowest BCUT2D eigenvalue weighted by Gasteiger charge is -2.29. The number of nitrogens with zero attached hydrogens (tertiary/aromatic N) is 1. The van der Waals surface area contributed by atoms with Crippen molar-refractivity contribution >= 4 is 11.4 Å². The van der Waals surface area contributed by atoms with Gasteiger partial charge in [0, 0.05) is 31.6 Å². The van der Waals surface area contributed by atoms with Crippen LogP contribution in [0.3, 0.4) is 0 Å². The number of piperidine rings is 1. The molecule has 0 bridgehead atoms. The van der Waals surface area contributed by atoms with E-state index >= 15 is 0 Å². The zero-order valence-corrected chi connectivity index (χ0v) is 13.1. The van der Waals surface area contributed by atoms with Gasteiger partial charge in [-0.2, -0.15) is 0 Å². The van der Waals surface area contributed by atoms with Crippen LogP contribution in [0.2, 0.25) is 0 Å². The molecular formula is C17H28N2O. The Morgan fingerprint density at radius 1 is 1.10 bits per heavy atom. The quantitative estimate of drug-likeness (QED) is 0.856. The number of nitrogens with one attached hydrogen (secondary N) is 1. The maximum absolute atomic E-state index is 5.29. The molecule has 1 aromatic carbocycles.